The van der Waals surface area contributed by atoms with E-state index in [1.807, 2.05) is 36.5 Å². The van der Waals surface area contributed by atoms with Gasteiger partial charge in [0, 0.05) is 28.6 Å². The second kappa shape index (κ2) is 4.59. The number of carbonyl (C=O) groups excluding carboxylic acids is 1. The second-order valence-electron chi connectivity index (χ2n) is 5.92. The minimum atomic E-state index is 0.144. The van der Waals surface area contributed by atoms with Gasteiger partial charge in [-0.2, -0.15) is 0 Å². The topological polar surface area (TPSA) is 32.9 Å². The number of fused-ring (bicyclic) bond motifs is 1. The van der Waals surface area contributed by atoms with Gasteiger partial charge in [0.15, 0.2) is 5.78 Å². The molecule has 0 saturated heterocycles. The summed E-state index contributed by atoms with van der Waals surface area (Å²) in [4.78, 5) is 16.0. The molecule has 1 heterocycles. The quantitative estimate of drug-likeness (QED) is 0.703. The number of hydrogen-bond acceptors (Lipinski definition) is 1. The Hall–Kier alpha value is -2.35. The van der Waals surface area contributed by atoms with Gasteiger partial charge in [-0.25, -0.2) is 0 Å². The number of aromatic nitrogens is 1. The summed E-state index contributed by atoms with van der Waals surface area (Å²) in [5.41, 5.74) is 4.35. The lowest BCUT2D eigenvalue weighted by molar-refractivity contribution is 0.0967. The highest BCUT2D eigenvalue weighted by molar-refractivity contribution is 6.11. The molecule has 1 aliphatic carbocycles. The van der Waals surface area contributed by atoms with Crippen LogP contribution >= 0.6 is 0 Å². The molecule has 0 amide bonds. The van der Waals surface area contributed by atoms with Crippen LogP contribution in [-0.2, 0) is 0 Å². The number of aromatic amines is 1. The highest BCUT2D eigenvalue weighted by Gasteiger charge is 2.44. The van der Waals surface area contributed by atoms with Crippen molar-refractivity contribution in [1.82, 2.24) is 4.98 Å². The van der Waals surface area contributed by atoms with Crippen molar-refractivity contribution >= 4 is 16.7 Å². The Labute approximate surface area is 123 Å². The maximum absolute atomic E-state index is 12.8. The van der Waals surface area contributed by atoms with E-state index in [1.54, 1.807) is 0 Å². The van der Waals surface area contributed by atoms with Crippen molar-refractivity contribution in [2.24, 2.45) is 5.92 Å². The number of Topliss-reactive ketones (excluding diaryl/α,β-unsaturated/α-hetero) is 1. The van der Waals surface area contributed by atoms with E-state index in [2.05, 4.69) is 30.1 Å². The maximum atomic E-state index is 12.8. The average Bonchev–Trinajstić information content (AvgIpc) is 3.20. The molecule has 0 spiro atoms. The number of benzene rings is 2. The highest BCUT2D eigenvalue weighted by atomic mass is 16.1. The second-order valence-corrected chi connectivity index (χ2v) is 5.92. The molecule has 0 aliphatic heterocycles. The monoisotopic (exact) mass is 275 g/mol. The number of hydrogen-bond donors (Lipinski definition) is 1. The van der Waals surface area contributed by atoms with Gasteiger partial charge in [-0.3, -0.25) is 4.79 Å². The van der Waals surface area contributed by atoms with E-state index in [9.17, 15) is 4.79 Å². The van der Waals surface area contributed by atoms with Crippen LogP contribution in [0.25, 0.3) is 10.9 Å². The molecule has 1 aliphatic rings. The van der Waals surface area contributed by atoms with Crippen LogP contribution in [0.5, 0.6) is 0 Å². The van der Waals surface area contributed by atoms with Crippen molar-refractivity contribution in [2.75, 3.05) is 0 Å². The molecule has 2 unspecified atom stereocenters. The molecule has 1 aromatic heterocycles. The number of carbonyl (C=O) groups is 1. The van der Waals surface area contributed by atoms with Crippen LogP contribution in [0.15, 0.2) is 54.7 Å². The minimum absolute atomic E-state index is 0.144. The Morgan fingerprint density at radius 3 is 2.71 bits per heavy atom. The first-order valence-corrected chi connectivity index (χ1v) is 7.41. The molecule has 0 radical (unpaired) electrons. The van der Waals surface area contributed by atoms with Gasteiger partial charge in [-0.15, -0.1) is 0 Å². The lowest BCUT2D eigenvalue weighted by atomic mass is 10.00. The summed E-state index contributed by atoms with van der Waals surface area (Å²) >= 11 is 0. The van der Waals surface area contributed by atoms with Crippen molar-refractivity contribution in [3.63, 3.8) is 0 Å². The molecule has 2 aromatic carbocycles. The highest BCUT2D eigenvalue weighted by Crippen LogP contribution is 2.49. The van der Waals surface area contributed by atoms with Crippen LogP contribution in [0.4, 0.5) is 0 Å². The first kappa shape index (κ1) is 12.4. The Morgan fingerprint density at radius 1 is 1.10 bits per heavy atom. The minimum Gasteiger partial charge on any atom is -0.360 e. The van der Waals surface area contributed by atoms with E-state index in [0.717, 1.165) is 28.5 Å². The molecule has 1 N–H and O–H groups in total. The zero-order chi connectivity index (χ0) is 14.4. The summed E-state index contributed by atoms with van der Waals surface area (Å²) in [6.45, 7) is 2.06. The Bertz CT molecular complexity index is 816. The lowest BCUT2D eigenvalue weighted by Gasteiger charge is -2.02. The standard InChI is InChI=1S/C19H17NO/c1-12-6-5-9-17-18(12)16(11-20-17)19(21)15-10-14(15)13-7-3-2-4-8-13/h2-9,11,14-15,20H,10H2,1H3. The van der Waals surface area contributed by atoms with Crippen molar-refractivity contribution in [3.05, 3.63) is 71.4 Å². The fourth-order valence-electron chi connectivity index (χ4n) is 3.32. The van der Waals surface area contributed by atoms with Gasteiger partial charge in [0.05, 0.1) is 0 Å². The van der Waals surface area contributed by atoms with Crippen molar-refractivity contribution in [3.8, 4) is 0 Å². The summed E-state index contributed by atoms with van der Waals surface area (Å²) in [5.74, 6) is 0.822. The third-order valence-corrected chi connectivity index (χ3v) is 4.53. The molecule has 0 bridgehead atoms. The summed E-state index contributed by atoms with van der Waals surface area (Å²) in [6, 6.07) is 16.5. The van der Waals surface area contributed by atoms with Gasteiger partial charge >= 0.3 is 0 Å². The Balaban J connectivity index is 1.67. The molecule has 21 heavy (non-hydrogen) atoms. The fraction of sp³-hybridized carbons (Fsp3) is 0.211. The van der Waals surface area contributed by atoms with Gasteiger partial charge in [-0.05, 0) is 36.5 Å². The van der Waals surface area contributed by atoms with E-state index < -0.39 is 0 Å². The van der Waals surface area contributed by atoms with Gasteiger partial charge in [0.25, 0.3) is 0 Å². The van der Waals surface area contributed by atoms with Crippen molar-refractivity contribution in [2.45, 2.75) is 19.3 Å². The molecular weight excluding hydrogens is 258 g/mol. The molecule has 1 saturated carbocycles. The van der Waals surface area contributed by atoms with E-state index in [-0.39, 0.29) is 11.7 Å². The van der Waals surface area contributed by atoms with Crippen LogP contribution in [0.3, 0.4) is 0 Å². The van der Waals surface area contributed by atoms with Gasteiger partial charge in [-0.1, -0.05) is 42.5 Å². The number of ketones is 1. The van der Waals surface area contributed by atoms with Crippen LogP contribution in [0, 0.1) is 12.8 Å². The first-order valence-electron chi connectivity index (χ1n) is 7.41. The summed E-state index contributed by atoms with van der Waals surface area (Å²) in [6.07, 6.45) is 2.85. The third kappa shape index (κ3) is 1.99. The Kier molecular flexibility index (Phi) is 2.71. The van der Waals surface area contributed by atoms with E-state index in [4.69, 9.17) is 0 Å². The van der Waals surface area contributed by atoms with Crippen LogP contribution in [0.1, 0.15) is 33.8 Å². The number of rotatable bonds is 3. The molecule has 1 fully saturated rings. The SMILES string of the molecule is Cc1cccc2[nH]cc(C(=O)C3CC3c3ccccc3)c12. The van der Waals surface area contributed by atoms with E-state index in [0.29, 0.717) is 5.92 Å². The fourth-order valence-corrected chi connectivity index (χ4v) is 3.32. The predicted octanol–water partition coefficient (Wildman–Crippen LogP) is 4.46. The normalized spacial score (nSPS) is 20.6. The zero-order valence-electron chi connectivity index (χ0n) is 12.0. The lowest BCUT2D eigenvalue weighted by Crippen LogP contribution is -2.02. The smallest absolute Gasteiger partial charge is 0.168 e. The maximum Gasteiger partial charge on any atom is 0.168 e. The molecule has 104 valence electrons. The number of aryl methyl sites for hydroxylation is 1. The van der Waals surface area contributed by atoms with E-state index in [1.165, 1.54) is 5.56 Å². The van der Waals surface area contributed by atoms with Gasteiger partial charge < -0.3 is 4.98 Å². The third-order valence-electron chi connectivity index (χ3n) is 4.53. The molecular formula is C19H17NO. The summed E-state index contributed by atoms with van der Waals surface area (Å²) < 4.78 is 0. The van der Waals surface area contributed by atoms with Crippen molar-refractivity contribution in [1.29, 1.82) is 0 Å². The molecule has 2 heteroatoms. The summed E-state index contributed by atoms with van der Waals surface area (Å²) in [5, 5.41) is 1.08. The van der Waals surface area contributed by atoms with Crippen LogP contribution in [-0.4, -0.2) is 10.8 Å². The van der Waals surface area contributed by atoms with Crippen LogP contribution < -0.4 is 0 Å². The number of H-pyrrole nitrogens is 1. The van der Waals surface area contributed by atoms with Gasteiger partial charge in [0.2, 0.25) is 0 Å². The molecule has 3 aromatic rings. The summed E-state index contributed by atoms with van der Waals surface area (Å²) in [7, 11) is 0. The van der Waals surface area contributed by atoms with Crippen LogP contribution in [0.2, 0.25) is 0 Å². The molecule has 4 rings (SSSR count). The average molecular weight is 275 g/mol. The zero-order valence-corrected chi connectivity index (χ0v) is 12.0. The Morgan fingerprint density at radius 2 is 1.90 bits per heavy atom. The van der Waals surface area contributed by atoms with Crippen molar-refractivity contribution < 1.29 is 4.79 Å². The molecule has 2 nitrogen and oxygen atoms in total. The largest absolute Gasteiger partial charge is 0.360 e. The number of nitrogens with one attached hydrogen (secondary N) is 1. The van der Waals surface area contributed by atoms with Gasteiger partial charge in [0.1, 0.15) is 0 Å². The molecule has 2 atom stereocenters. The first-order chi connectivity index (χ1) is 10.3. The van der Waals surface area contributed by atoms with E-state index >= 15 is 0 Å². The predicted molar refractivity (Wildman–Crippen MR) is 84.7 cm³/mol.